The molecule has 0 aromatic heterocycles. The van der Waals surface area contributed by atoms with Crippen molar-refractivity contribution in [2.45, 2.75) is 13.2 Å². The summed E-state index contributed by atoms with van der Waals surface area (Å²) in [4.78, 5) is 3.56. The van der Waals surface area contributed by atoms with E-state index in [2.05, 4.69) is 10.3 Å². The lowest BCUT2D eigenvalue weighted by Gasteiger charge is -1.90. The molecule has 0 spiro atoms. The fourth-order valence-electron chi connectivity index (χ4n) is 0.182. The van der Waals surface area contributed by atoms with Crippen molar-refractivity contribution >= 4 is 6.34 Å². The van der Waals surface area contributed by atoms with Gasteiger partial charge in [0.1, 0.15) is 6.23 Å². The number of nitrogens with one attached hydrogen (secondary N) is 1. The van der Waals surface area contributed by atoms with Gasteiger partial charge in [-0.2, -0.15) is 0 Å². The lowest BCUT2D eigenvalue weighted by atomic mass is 10.7. The molecule has 0 aliphatic heterocycles. The Hall–Kier alpha value is -0.570. The largest absolute Gasteiger partial charge is 0.379 e. The summed E-state index contributed by atoms with van der Waals surface area (Å²) < 4.78 is 0. The van der Waals surface area contributed by atoms with E-state index in [-0.39, 0.29) is 0 Å². The van der Waals surface area contributed by atoms with Gasteiger partial charge in [-0.25, -0.2) is 4.99 Å². The Balaban J connectivity index is 3.08. The zero-order valence-corrected chi connectivity index (χ0v) is 4.55. The van der Waals surface area contributed by atoms with Crippen molar-refractivity contribution in [3.63, 3.8) is 0 Å². The Morgan fingerprint density at radius 3 is 2.57 bits per heavy atom. The monoisotopic (exact) mass is 102 g/mol. The summed E-state index contributed by atoms with van der Waals surface area (Å²) in [6, 6.07) is 0. The first-order chi connectivity index (χ1) is 3.27. The van der Waals surface area contributed by atoms with E-state index in [0.29, 0.717) is 0 Å². The van der Waals surface area contributed by atoms with E-state index in [9.17, 15) is 0 Å². The molecule has 0 radical (unpaired) electrons. The third-order valence-electron chi connectivity index (χ3n) is 0.419. The van der Waals surface area contributed by atoms with E-state index >= 15 is 0 Å². The van der Waals surface area contributed by atoms with E-state index in [0.717, 1.165) is 0 Å². The lowest BCUT2D eigenvalue weighted by molar-refractivity contribution is 0.206. The van der Waals surface area contributed by atoms with Gasteiger partial charge in [0.2, 0.25) is 0 Å². The Morgan fingerprint density at radius 2 is 2.43 bits per heavy atom. The second-order valence-electron chi connectivity index (χ2n) is 1.20. The Kier molecular flexibility index (Phi) is 3.32. The van der Waals surface area contributed by atoms with Crippen molar-refractivity contribution in [1.82, 2.24) is 5.32 Å². The first kappa shape index (κ1) is 6.43. The summed E-state index contributed by atoms with van der Waals surface area (Å²) in [5, 5.41) is 11.1. The van der Waals surface area contributed by atoms with Crippen molar-refractivity contribution in [3.05, 3.63) is 0 Å². The number of hydrogen-bond donors (Lipinski definition) is 2. The number of rotatable bonds is 2. The topological polar surface area (TPSA) is 44.6 Å². The van der Waals surface area contributed by atoms with Crippen molar-refractivity contribution < 1.29 is 5.11 Å². The molecule has 0 aromatic carbocycles. The molecule has 0 saturated carbocycles. The summed E-state index contributed by atoms with van der Waals surface area (Å²) in [6.07, 6.45) is 0.859. The second-order valence-corrected chi connectivity index (χ2v) is 1.20. The Bertz CT molecular complexity index is 60.7. The molecule has 1 atom stereocenters. The van der Waals surface area contributed by atoms with Crippen LogP contribution in [-0.2, 0) is 0 Å². The third-order valence-corrected chi connectivity index (χ3v) is 0.419. The van der Waals surface area contributed by atoms with Crippen LogP contribution in [0.1, 0.15) is 6.92 Å². The SMILES string of the molecule is CNC=NC(C)O. The van der Waals surface area contributed by atoms with Crippen LogP contribution in [0, 0.1) is 0 Å². The molecule has 3 nitrogen and oxygen atoms in total. The maximum Gasteiger partial charge on any atom is 0.144 e. The first-order valence-corrected chi connectivity index (χ1v) is 2.14. The first-order valence-electron chi connectivity index (χ1n) is 2.14. The molecule has 0 rings (SSSR count). The predicted octanol–water partition coefficient (Wildman–Crippen LogP) is -0.428. The Labute approximate surface area is 43.1 Å². The summed E-state index contributed by atoms with van der Waals surface area (Å²) in [7, 11) is 1.73. The van der Waals surface area contributed by atoms with Crippen molar-refractivity contribution in [2.24, 2.45) is 4.99 Å². The van der Waals surface area contributed by atoms with Crippen LogP contribution in [0.25, 0.3) is 0 Å². The molecular formula is C4H10N2O. The van der Waals surface area contributed by atoms with Crippen LogP contribution in [0.15, 0.2) is 4.99 Å². The van der Waals surface area contributed by atoms with Crippen LogP contribution in [-0.4, -0.2) is 24.7 Å². The standard InChI is InChI=1S/C4H10N2O/c1-4(7)6-3-5-2/h3-4,7H,1-2H3,(H,5,6). The lowest BCUT2D eigenvalue weighted by Crippen LogP contribution is -2.04. The van der Waals surface area contributed by atoms with Crippen molar-refractivity contribution in [1.29, 1.82) is 0 Å². The van der Waals surface area contributed by atoms with Gasteiger partial charge < -0.3 is 10.4 Å². The summed E-state index contributed by atoms with van der Waals surface area (Å²) in [5.41, 5.74) is 0. The molecule has 0 bridgehead atoms. The highest BCUT2D eigenvalue weighted by Gasteiger charge is 1.79. The molecule has 0 saturated heterocycles. The van der Waals surface area contributed by atoms with Crippen LogP contribution in [0.4, 0.5) is 0 Å². The molecule has 0 aromatic rings. The fraction of sp³-hybridized carbons (Fsp3) is 0.750. The summed E-state index contributed by atoms with van der Waals surface area (Å²) >= 11 is 0. The Morgan fingerprint density at radius 1 is 1.86 bits per heavy atom. The smallest absolute Gasteiger partial charge is 0.144 e. The third kappa shape index (κ3) is 5.43. The van der Waals surface area contributed by atoms with Gasteiger partial charge in [-0.3, -0.25) is 0 Å². The highest BCUT2D eigenvalue weighted by molar-refractivity contribution is 5.53. The molecule has 0 heterocycles. The van der Waals surface area contributed by atoms with E-state index < -0.39 is 6.23 Å². The minimum atomic E-state index is -0.590. The molecule has 0 aliphatic rings. The minimum Gasteiger partial charge on any atom is -0.379 e. The maximum absolute atomic E-state index is 8.45. The highest BCUT2D eigenvalue weighted by atomic mass is 16.3. The maximum atomic E-state index is 8.45. The van der Waals surface area contributed by atoms with E-state index in [4.69, 9.17) is 5.11 Å². The number of hydrogen-bond acceptors (Lipinski definition) is 2. The average molecular weight is 102 g/mol. The molecule has 3 heteroatoms. The minimum absolute atomic E-state index is 0.590. The molecule has 0 aliphatic carbocycles. The van der Waals surface area contributed by atoms with Gasteiger partial charge in [-0.05, 0) is 6.92 Å². The number of aliphatic hydroxyl groups is 1. The molecule has 1 unspecified atom stereocenters. The second kappa shape index (κ2) is 3.61. The van der Waals surface area contributed by atoms with Crippen LogP contribution in [0.3, 0.4) is 0 Å². The van der Waals surface area contributed by atoms with Gasteiger partial charge in [-0.1, -0.05) is 0 Å². The van der Waals surface area contributed by atoms with Gasteiger partial charge in [0.25, 0.3) is 0 Å². The predicted molar refractivity (Wildman–Crippen MR) is 29.2 cm³/mol. The van der Waals surface area contributed by atoms with E-state index in [1.807, 2.05) is 0 Å². The van der Waals surface area contributed by atoms with Gasteiger partial charge >= 0.3 is 0 Å². The van der Waals surface area contributed by atoms with Crippen LogP contribution in [0.2, 0.25) is 0 Å². The van der Waals surface area contributed by atoms with Gasteiger partial charge in [-0.15, -0.1) is 0 Å². The normalized spacial score (nSPS) is 14.7. The zero-order chi connectivity index (χ0) is 5.70. The van der Waals surface area contributed by atoms with Gasteiger partial charge in [0.15, 0.2) is 0 Å². The average Bonchev–Trinajstić information content (AvgIpc) is 1.61. The number of nitrogens with zero attached hydrogens (tertiary/aromatic N) is 1. The number of aliphatic hydroxyl groups excluding tert-OH is 1. The molecule has 2 N–H and O–H groups in total. The quantitative estimate of drug-likeness (QED) is 0.367. The highest BCUT2D eigenvalue weighted by Crippen LogP contribution is 1.74. The van der Waals surface area contributed by atoms with Crippen molar-refractivity contribution in [2.75, 3.05) is 7.05 Å². The molecule has 0 amide bonds. The van der Waals surface area contributed by atoms with Gasteiger partial charge in [0, 0.05) is 7.05 Å². The molecule has 7 heavy (non-hydrogen) atoms. The molecule has 0 fully saturated rings. The van der Waals surface area contributed by atoms with E-state index in [1.54, 1.807) is 14.0 Å². The van der Waals surface area contributed by atoms with Crippen LogP contribution < -0.4 is 5.32 Å². The van der Waals surface area contributed by atoms with Crippen LogP contribution >= 0.6 is 0 Å². The number of aliphatic imine (C=N–C) groups is 1. The van der Waals surface area contributed by atoms with Gasteiger partial charge in [0.05, 0.1) is 6.34 Å². The summed E-state index contributed by atoms with van der Waals surface area (Å²) in [5.74, 6) is 0. The fourth-order valence-corrected chi connectivity index (χ4v) is 0.182. The molecular weight excluding hydrogens is 92.1 g/mol. The zero-order valence-electron chi connectivity index (χ0n) is 4.55. The van der Waals surface area contributed by atoms with E-state index in [1.165, 1.54) is 6.34 Å². The van der Waals surface area contributed by atoms with Crippen LogP contribution in [0.5, 0.6) is 0 Å². The van der Waals surface area contributed by atoms with Crippen molar-refractivity contribution in [3.8, 4) is 0 Å². The molecule has 42 valence electrons. The summed E-state index contributed by atoms with van der Waals surface area (Å²) in [6.45, 7) is 1.59.